The van der Waals surface area contributed by atoms with Crippen LogP contribution in [0.15, 0.2) is 16.8 Å². The zero-order valence-corrected chi connectivity index (χ0v) is 11.5. The molecule has 1 aromatic heterocycles. The van der Waals surface area contributed by atoms with Crippen LogP contribution in [0.1, 0.15) is 32.8 Å². The molecule has 0 spiro atoms. The van der Waals surface area contributed by atoms with Crippen LogP contribution in [0.4, 0.5) is 0 Å². The highest BCUT2D eigenvalue weighted by atomic mass is 32.1. The van der Waals surface area contributed by atoms with Gasteiger partial charge >= 0.3 is 0 Å². The number of ketones is 1. The number of thiophene rings is 1. The SMILES string of the molecule is CC1OC(C)C(C(=O)CCc2ccsc2)C1C. The summed E-state index contributed by atoms with van der Waals surface area (Å²) in [5.41, 5.74) is 1.27. The normalized spacial score (nSPS) is 32.9. The molecule has 2 nitrogen and oxygen atoms in total. The van der Waals surface area contributed by atoms with Crippen LogP contribution in [0.3, 0.4) is 0 Å². The summed E-state index contributed by atoms with van der Waals surface area (Å²) in [6, 6.07) is 2.10. The van der Waals surface area contributed by atoms with Crippen molar-refractivity contribution < 1.29 is 9.53 Å². The van der Waals surface area contributed by atoms with E-state index in [-0.39, 0.29) is 18.1 Å². The second-order valence-corrected chi connectivity index (χ2v) is 5.81. The summed E-state index contributed by atoms with van der Waals surface area (Å²) in [7, 11) is 0. The van der Waals surface area contributed by atoms with Gasteiger partial charge in [0, 0.05) is 12.3 Å². The van der Waals surface area contributed by atoms with Crippen molar-refractivity contribution in [3.05, 3.63) is 22.4 Å². The fraction of sp³-hybridized carbons (Fsp3) is 0.643. The maximum atomic E-state index is 12.2. The van der Waals surface area contributed by atoms with Crippen molar-refractivity contribution in [3.8, 4) is 0 Å². The summed E-state index contributed by atoms with van der Waals surface area (Å²) in [6.45, 7) is 6.21. The molecule has 0 N–H and O–H groups in total. The fourth-order valence-electron chi connectivity index (χ4n) is 2.69. The predicted molar refractivity (Wildman–Crippen MR) is 70.3 cm³/mol. The molecule has 0 amide bonds. The second-order valence-electron chi connectivity index (χ2n) is 5.03. The molecule has 4 unspecified atom stereocenters. The molecule has 2 heterocycles. The minimum Gasteiger partial charge on any atom is -0.375 e. The van der Waals surface area contributed by atoms with Crippen LogP contribution in [0.25, 0.3) is 0 Å². The predicted octanol–water partition coefficient (Wildman–Crippen LogP) is 3.31. The maximum Gasteiger partial charge on any atom is 0.139 e. The smallest absolute Gasteiger partial charge is 0.139 e. The molecule has 1 aliphatic rings. The van der Waals surface area contributed by atoms with E-state index >= 15 is 0 Å². The molecule has 3 heteroatoms. The fourth-order valence-corrected chi connectivity index (χ4v) is 3.39. The lowest BCUT2D eigenvalue weighted by atomic mass is 9.84. The molecule has 0 bridgehead atoms. The minimum atomic E-state index is 0.0787. The Bertz CT molecular complexity index is 372. The van der Waals surface area contributed by atoms with Crippen LogP contribution in [0.2, 0.25) is 0 Å². The van der Waals surface area contributed by atoms with Crippen LogP contribution in [0.5, 0.6) is 0 Å². The Morgan fingerprint density at radius 1 is 1.35 bits per heavy atom. The molecule has 1 fully saturated rings. The Hall–Kier alpha value is -0.670. The van der Waals surface area contributed by atoms with Crippen LogP contribution in [0, 0.1) is 11.8 Å². The number of Topliss-reactive ketones (excluding diaryl/α,β-unsaturated/α-hetero) is 1. The summed E-state index contributed by atoms with van der Waals surface area (Å²) in [4.78, 5) is 12.2. The van der Waals surface area contributed by atoms with Crippen molar-refractivity contribution in [2.24, 2.45) is 11.8 Å². The molecule has 0 radical (unpaired) electrons. The van der Waals surface area contributed by atoms with E-state index in [0.29, 0.717) is 18.1 Å². The van der Waals surface area contributed by atoms with Crippen molar-refractivity contribution in [3.63, 3.8) is 0 Å². The number of hydrogen-bond acceptors (Lipinski definition) is 3. The zero-order chi connectivity index (χ0) is 12.4. The van der Waals surface area contributed by atoms with Gasteiger partial charge in [0.25, 0.3) is 0 Å². The van der Waals surface area contributed by atoms with E-state index in [1.54, 1.807) is 11.3 Å². The summed E-state index contributed by atoms with van der Waals surface area (Å²) in [6.07, 6.45) is 1.80. The van der Waals surface area contributed by atoms with Crippen LogP contribution in [-0.4, -0.2) is 18.0 Å². The average Bonchev–Trinajstić information content (AvgIpc) is 2.86. The quantitative estimate of drug-likeness (QED) is 0.821. The third-order valence-electron chi connectivity index (χ3n) is 3.85. The van der Waals surface area contributed by atoms with Crippen LogP contribution < -0.4 is 0 Å². The van der Waals surface area contributed by atoms with Gasteiger partial charge in [0.1, 0.15) is 5.78 Å². The number of rotatable bonds is 4. The molecule has 0 saturated carbocycles. The molecule has 4 atom stereocenters. The average molecular weight is 252 g/mol. The lowest BCUT2D eigenvalue weighted by Crippen LogP contribution is -2.27. The van der Waals surface area contributed by atoms with Gasteiger partial charge in [-0.15, -0.1) is 0 Å². The first-order valence-corrected chi connectivity index (χ1v) is 7.23. The van der Waals surface area contributed by atoms with Crippen LogP contribution in [-0.2, 0) is 16.0 Å². The Labute approximate surface area is 107 Å². The molecule has 1 aliphatic heterocycles. The van der Waals surface area contributed by atoms with Crippen molar-refractivity contribution in [2.45, 2.75) is 45.8 Å². The number of aryl methyl sites for hydroxylation is 1. The number of hydrogen-bond donors (Lipinski definition) is 0. The van der Waals surface area contributed by atoms with E-state index in [2.05, 4.69) is 30.7 Å². The van der Waals surface area contributed by atoms with Crippen molar-refractivity contribution >= 4 is 17.1 Å². The van der Waals surface area contributed by atoms with Crippen LogP contribution >= 0.6 is 11.3 Å². The van der Waals surface area contributed by atoms with Gasteiger partial charge in [-0.3, -0.25) is 4.79 Å². The Morgan fingerprint density at radius 3 is 2.65 bits per heavy atom. The Kier molecular flexibility index (Phi) is 4.00. The van der Waals surface area contributed by atoms with Gasteiger partial charge < -0.3 is 4.74 Å². The highest BCUT2D eigenvalue weighted by molar-refractivity contribution is 7.07. The van der Waals surface area contributed by atoms with Gasteiger partial charge in [0.15, 0.2) is 0 Å². The summed E-state index contributed by atoms with van der Waals surface area (Å²) in [5, 5.41) is 4.18. The molecule has 1 aromatic rings. The van der Waals surface area contributed by atoms with Gasteiger partial charge in [0.2, 0.25) is 0 Å². The first kappa shape index (κ1) is 12.8. The Balaban J connectivity index is 1.91. The highest BCUT2D eigenvalue weighted by Crippen LogP contribution is 2.33. The summed E-state index contributed by atoms with van der Waals surface area (Å²) in [5.74, 6) is 0.796. The van der Waals surface area contributed by atoms with Crippen molar-refractivity contribution in [1.29, 1.82) is 0 Å². The largest absolute Gasteiger partial charge is 0.375 e. The first-order valence-electron chi connectivity index (χ1n) is 6.29. The van der Waals surface area contributed by atoms with Crippen molar-refractivity contribution in [1.82, 2.24) is 0 Å². The molecule has 0 aliphatic carbocycles. The van der Waals surface area contributed by atoms with Crippen molar-refractivity contribution in [2.75, 3.05) is 0 Å². The number of carbonyl (C=O) groups excluding carboxylic acids is 1. The lowest BCUT2D eigenvalue weighted by molar-refractivity contribution is -0.125. The van der Waals surface area contributed by atoms with Gasteiger partial charge in [0.05, 0.1) is 12.2 Å². The van der Waals surface area contributed by atoms with Gasteiger partial charge in [-0.2, -0.15) is 11.3 Å². The Morgan fingerprint density at radius 2 is 2.12 bits per heavy atom. The van der Waals surface area contributed by atoms with E-state index in [1.807, 2.05) is 6.92 Å². The van der Waals surface area contributed by atoms with E-state index in [4.69, 9.17) is 4.74 Å². The molecule has 94 valence electrons. The summed E-state index contributed by atoms with van der Waals surface area (Å²) >= 11 is 1.69. The second kappa shape index (κ2) is 5.32. The van der Waals surface area contributed by atoms with E-state index in [1.165, 1.54) is 5.56 Å². The first-order chi connectivity index (χ1) is 8.09. The maximum absolute atomic E-state index is 12.2. The topological polar surface area (TPSA) is 26.3 Å². The molecule has 0 aromatic carbocycles. The number of ether oxygens (including phenoxy) is 1. The molecular weight excluding hydrogens is 232 g/mol. The van der Waals surface area contributed by atoms with E-state index in [9.17, 15) is 4.79 Å². The third kappa shape index (κ3) is 2.78. The molecule has 1 saturated heterocycles. The van der Waals surface area contributed by atoms with E-state index < -0.39 is 0 Å². The highest BCUT2D eigenvalue weighted by Gasteiger charge is 2.40. The molecule has 2 rings (SSSR count). The molecule has 17 heavy (non-hydrogen) atoms. The standard InChI is InChI=1S/C14H20O2S/c1-9-10(2)16-11(3)14(9)13(15)5-4-12-6-7-17-8-12/h6-11,14H,4-5H2,1-3H3. The lowest BCUT2D eigenvalue weighted by Gasteiger charge is -2.16. The third-order valence-corrected chi connectivity index (χ3v) is 4.59. The summed E-state index contributed by atoms with van der Waals surface area (Å²) < 4.78 is 5.73. The minimum absolute atomic E-state index is 0.0787. The number of carbonyl (C=O) groups is 1. The molecular formula is C14H20O2S. The van der Waals surface area contributed by atoms with Gasteiger partial charge in [-0.1, -0.05) is 6.92 Å². The monoisotopic (exact) mass is 252 g/mol. The van der Waals surface area contributed by atoms with Gasteiger partial charge in [-0.25, -0.2) is 0 Å². The zero-order valence-electron chi connectivity index (χ0n) is 10.7. The van der Waals surface area contributed by atoms with E-state index in [0.717, 1.165) is 6.42 Å². The van der Waals surface area contributed by atoms with Gasteiger partial charge in [-0.05, 0) is 48.6 Å².